The Kier molecular flexibility index (Phi) is 5.73. The largest absolute Gasteiger partial charge is 0.494 e. The predicted octanol–water partition coefficient (Wildman–Crippen LogP) is 3.73. The summed E-state index contributed by atoms with van der Waals surface area (Å²) < 4.78 is 19.7. The van der Waals surface area contributed by atoms with Gasteiger partial charge in [0.15, 0.2) is 0 Å². The van der Waals surface area contributed by atoms with Crippen LogP contribution >= 0.6 is 15.9 Å². The van der Waals surface area contributed by atoms with Gasteiger partial charge in [-0.15, -0.1) is 0 Å². The molecule has 0 saturated carbocycles. The van der Waals surface area contributed by atoms with Crippen LogP contribution in [0.25, 0.3) is 0 Å². The summed E-state index contributed by atoms with van der Waals surface area (Å²) in [4.78, 5) is 0. The van der Waals surface area contributed by atoms with Crippen molar-refractivity contribution in [1.82, 2.24) is 5.43 Å². The van der Waals surface area contributed by atoms with Gasteiger partial charge in [-0.25, -0.2) is 4.39 Å². The highest BCUT2D eigenvalue weighted by Gasteiger charge is 2.14. The molecule has 3 N–H and O–H groups in total. The van der Waals surface area contributed by atoms with E-state index < -0.39 is 0 Å². The Balaban J connectivity index is 2.23. The van der Waals surface area contributed by atoms with Crippen LogP contribution in [0.2, 0.25) is 0 Å². The summed E-state index contributed by atoms with van der Waals surface area (Å²) in [7, 11) is 0. The fourth-order valence-corrected chi connectivity index (χ4v) is 2.59. The molecule has 0 spiro atoms. The van der Waals surface area contributed by atoms with E-state index in [1.165, 1.54) is 12.1 Å². The van der Waals surface area contributed by atoms with E-state index in [2.05, 4.69) is 21.4 Å². The van der Waals surface area contributed by atoms with E-state index in [9.17, 15) is 4.39 Å². The summed E-state index contributed by atoms with van der Waals surface area (Å²) in [5, 5.41) is 0. The molecular weight excluding hydrogens is 335 g/mol. The standard InChI is InChI=1S/C16H18BrFN2O/c1-2-21-14-5-3-4-11(9-14)16(20-19)10-12-8-13(18)6-7-15(12)17/h3-9,16,20H,2,10,19H2,1H3. The van der Waals surface area contributed by atoms with Crippen molar-refractivity contribution in [3.63, 3.8) is 0 Å². The van der Waals surface area contributed by atoms with Gasteiger partial charge in [0.25, 0.3) is 0 Å². The first kappa shape index (κ1) is 15.9. The third-order valence-corrected chi connectivity index (χ3v) is 3.98. The van der Waals surface area contributed by atoms with Gasteiger partial charge >= 0.3 is 0 Å². The molecule has 2 aromatic rings. The quantitative estimate of drug-likeness (QED) is 0.615. The Morgan fingerprint density at radius 3 is 2.81 bits per heavy atom. The van der Waals surface area contributed by atoms with Crippen LogP contribution in [0, 0.1) is 5.82 Å². The first-order valence-corrected chi connectivity index (χ1v) is 7.56. The normalized spacial score (nSPS) is 12.2. The average molecular weight is 353 g/mol. The lowest BCUT2D eigenvalue weighted by molar-refractivity contribution is 0.339. The summed E-state index contributed by atoms with van der Waals surface area (Å²) in [6, 6.07) is 12.3. The van der Waals surface area contributed by atoms with Crippen molar-refractivity contribution in [2.45, 2.75) is 19.4 Å². The first-order valence-electron chi connectivity index (χ1n) is 6.77. The first-order chi connectivity index (χ1) is 10.1. The van der Waals surface area contributed by atoms with Crippen LogP contribution < -0.4 is 16.0 Å². The van der Waals surface area contributed by atoms with Gasteiger partial charge in [-0.05, 0) is 54.8 Å². The van der Waals surface area contributed by atoms with Gasteiger partial charge in [-0.1, -0.05) is 28.1 Å². The van der Waals surface area contributed by atoms with Crippen molar-refractivity contribution >= 4 is 15.9 Å². The second-order valence-corrected chi connectivity index (χ2v) is 5.52. The molecule has 0 bridgehead atoms. The Morgan fingerprint density at radius 1 is 1.29 bits per heavy atom. The summed E-state index contributed by atoms with van der Waals surface area (Å²) >= 11 is 3.44. The molecule has 2 aromatic carbocycles. The summed E-state index contributed by atoms with van der Waals surface area (Å²) in [5.41, 5.74) is 4.64. The smallest absolute Gasteiger partial charge is 0.123 e. The molecule has 1 unspecified atom stereocenters. The average Bonchev–Trinajstić information content (AvgIpc) is 2.49. The topological polar surface area (TPSA) is 47.3 Å². The van der Waals surface area contributed by atoms with Crippen molar-refractivity contribution in [3.05, 3.63) is 63.9 Å². The summed E-state index contributed by atoms with van der Waals surface area (Å²) in [5.74, 6) is 6.21. The SMILES string of the molecule is CCOc1cccc(C(Cc2cc(F)ccc2Br)NN)c1. The van der Waals surface area contributed by atoms with Crippen molar-refractivity contribution in [2.75, 3.05) is 6.61 Å². The van der Waals surface area contributed by atoms with E-state index in [4.69, 9.17) is 10.6 Å². The van der Waals surface area contributed by atoms with E-state index >= 15 is 0 Å². The van der Waals surface area contributed by atoms with E-state index in [1.807, 2.05) is 31.2 Å². The number of benzene rings is 2. The molecule has 21 heavy (non-hydrogen) atoms. The molecule has 0 aliphatic rings. The number of nitrogens with two attached hydrogens (primary N) is 1. The highest BCUT2D eigenvalue weighted by Crippen LogP contribution is 2.26. The molecule has 3 nitrogen and oxygen atoms in total. The Bertz CT molecular complexity index is 607. The monoisotopic (exact) mass is 352 g/mol. The number of rotatable bonds is 6. The number of hydrogen-bond donors (Lipinski definition) is 2. The molecule has 0 amide bonds. The minimum absolute atomic E-state index is 0.122. The fourth-order valence-electron chi connectivity index (χ4n) is 2.18. The predicted molar refractivity (Wildman–Crippen MR) is 85.5 cm³/mol. The van der Waals surface area contributed by atoms with Crippen LogP contribution in [0.15, 0.2) is 46.9 Å². The van der Waals surface area contributed by atoms with E-state index in [1.54, 1.807) is 6.07 Å². The van der Waals surface area contributed by atoms with E-state index in [0.717, 1.165) is 21.3 Å². The van der Waals surface area contributed by atoms with Gasteiger partial charge in [-0.2, -0.15) is 0 Å². The second-order valence-electron chi connectivity index (χ2n) is 4.66. The van der Waals surface area contributed by atoms with Crippen LogP contribution in [0.5, 0.6) is 5.75 Å². The Hall–Kier alpha value is -1.43. The number of nitrogens with one attached hydrogen (secondary N) is 1. The lowest BCUT2D eigenvalue weighted by atomic mass is 9.99. The van der Waals surface area contributed by atoms with Crippen molar-refractivity contribution in [2.24, 2.45) is 5.84 Å². The van der Waals surface area contributed by atoms with Crippen LogP contribution in [0.3, 0.4) is 0 Å². The highest BCUT2D eigenvalue weighted by atomic mass is 79.9. The molecule has 1 atom stereocenters. The molecule has 112 valence electrons. The molecule has 0 heterocycles. The maximum atomic E-state index is 13.4. The molecule has 0 aromatic heterocycles. The molecule has 0 radical (unpaired) electrons. The molecule has 0 aliphatic heterocycles. The molecular formula is C16H18BrFN2O. The van der Waals surface area contributed by atoms with Crippen LogP contribution in [-0.2, 0) is 6.42 Å². The lowest BCUT2D eigenvalue weighted by Crippen LogP contribution is -2.29. The number of halogens is 2. The molecule has 0 aliphatic carbocycles. The van der Waals surface area contributed by atoms with Gasteiger partial charge in [0.2, 0.25) is 0 Å². The highest BCUT2D eigenvalue weighted by molar-refractivity contribution is 9.10. The van der Waals surface area contributed by atoms with Crippen molar-refractivity contribution in [3.8, 4) is 5.75 Å². The van der Waals surface area contributed by atoms with Crippen LogP contribution in [0.1, 0.15) is 24.1 Å². The third kappa shape index (κ3) is 4.27. The zero-order valence-corrected chi connectivity index (χ0v) is 13.4. The molecule has 5 heteroatoms. The third-order valence-electron chi connectivity index (χ3n) is 3.20. The van der Waals surface area contributed by atoms with E-state index in [0.29, 0.717) is 13.0 Å². The van der Waals surface area contributed by atoms with Gasteiger partial charge < -0.3 is 4.74 Å². The fraction of sp³-hybridized carbons (Fsp3) is 0.250. The van der Waals surface area contributed by atoms with Crippen molar-refractivity contribution in [1.29, 1.82) is 0 Å². The number of hydrazine groups is 1. The van der Waals surface area contributed by atoms with Crippen LogP contribution in [0.4, 0.5) is 4.39 Å². The van der Waals surface area contributed by atoms with Gasteiger partial charge in [0.1, 0.15) is 11.6 Å². The Morgan fingerprint density at radius 2 is 2.10 bits per heavy atom. The van der Waals surface area contributed by atoms with Gasteiger partial charge in [-0.3, -0.25) is 11.3 Å². The maximum Gasteiger partial charge on any atom is 0.123 e. The molecule has 0 fully saturated rings. The minimum atomic E-state index is -0.257. The zero-order chi connectivity index (χ0) is 15.2. The minimum Gasteiger partial charge on any atom is -0.494 e. The summed E-state index contributed by atoms with van der Waals surface area (Å²) in [6.45, 7) is 2.55. The van der Waals surface area contributed by atoms with Gasteiger partial charge in [0.05, 0.1) is 12.6 Å². The van der Waals surface area contributed by atoms with E-state index in [-0.39, 0.29) is 11.9 Å². The Labute approximate surface area is 132 Å². The molecule has 2 rings (SSSR count). The number of hydrogen-bond acceptors (Lipinski definition) is 3. The summed E-state index contributed by atoms with van der Waals surface area (Å²) in [6.07, 6.45) is 0.574. The van der Waals surface area contributed by atoms with Crippen molar-refractivity contribution < 1.29 is 9.13 Å². The second kappa shape index (κ2) is 7.54. The molecule has 0 saturated heterocycles. The van der Waals surface area contributed by atoms with Gasteiger partial charge in [0, 0.05) is 4.47 Å². The number of ether oxygens (including phenoxy) is 1. The zero-order valence-electron chi connectivity index (χ0n) is 11.8. The maximum absolute atomic E-state index is 13.4. The lowest BCUT2D eigenvalue weighted by Gasteiger charge is -2.18. The van der Waals surface area contributed by atoms with Crippen LogP contribution in [-0.4, -0.2) is 6.61 Å².